The predicted octanol–water partition coefficient (Wildman–Crippen LogP) is 1.05. The van der Waals surface area contributed by atoms with Crippen LogP contribution in [-0.2, 0) is 4.79 Å². The van der Waals surface area contributed by atoms with Crippen LogP contribution in [0.1, 0.15) is 13.3 Å². The first kappa shape index (κ1) is 14.7. The zero-order valence-corrected chi connectivity index (χ0v) is 11.5. The van der Waals surface area contributed by atoms with E-state index in [1.807, 2.05) is 11.8 Å². The summed E-state index contributed by atoms with van der Waals surface area (Å²) in [6.45, 7) is 3.50. The fraction of sp³-hybridized carbons (Fsp3) is 0.500. The van der Waals surface area contributed by atoms with Gasteiger partial charge in [-0.2, -0.15) is 0 Å². The number of hydrogen-bond donors (Lipinski definition) is 3. The van der Waals surface area contributed by atoms with E-state index in [1.54, 1.807) is 0 Å². The molecule has 1 aromatic rings. The van der Waals surface area contributed by atoms with Gasteiger partial charge in [-0.15, -0.1) is 0 Å². The molecule has 1 aliphatic heterocycles. The Morgan fingerprint density at radius 1 is 1.60 bits per heavy atom. The number of nitrogen functional groups attached to an aromatic ring is 1. The second kappa shape index (κ2) is 6.19. The van der Waals surface area contributed by atoms with Crippen LogP contribution in [0.4, 0.5) is 15.8 Å². The van der Waals surface area contributed by atoms with E-state index in [1.165, 1.54) is 18.2 Å². The number of aliphatic hydroxyl groups excluding tert-OH is 1. The highest BCUT2D eigenvalue weighted by Gasteiger charge is 2.25. The molecule has 2 rings (SSSR count). The minimum atomic E-state index is -0.504. The number of β-amino-alcohol motifs (C(OH)–C–C–N with tert-alkyl or cyclic N) is 1. The third-order valence-electron chi connectivity index (χ3n) is 3.65. The van der Waals surface area contributed by atoms with E-state index >= 15 is 0 Å². The van der Waals surface area contributed by atoms with Gasteiger partial charge in [0, 0.05) is 12.2 Å². The largest absolute Gasteiger partial charge is 0.396 e. The third kappa shape index (κ3) is 3.68. The molecule has 0 bridgehead atoms. The average molecular weight is 281 g/mol. The monoisotopic (exact) mass is 281 g/mol. The van der Waals surface area contributed by atoms with E-state index < -0.39 is 11.9 Å². The van der Waals surface area contributed by atoms with Gasteiger partial charge in [-0.25, -0.2) is 4.39 Å². The first-order valence-corrected chi connectivity index (χ1v) is 6.71. The number of aliphatic hydroxyl groups is 1. The van der Waals surface area contributed by atoms with Crippen LogP contribution in [0.2, 0.25) is 0 Å². The van der Waals surface area contributed by atoms with Crippen LogP contribution in [0.5, 0.6) is 0 Å². The second-order valence-corrected chi connectivity index (χ2v) is 5.35. The summed E-state index contributed by atoms with van der Waals surface area (Å²) < 4.78 is 13.0. The van der Waals surface area contributed by atoms with Crippen LogP contribution >= 0.6 is 0 Å². The molecular weight excluding hydrogens is 261 g/mol. The molecule has 6 heteroatoms. The summed E-state index contributed by atoms with van der Waals surface area (Å²) in [7, 11) is 0. The molecular formula is C14H20FN3O2. The van der Waals surface area contributed by atoms with Crippen LogP contribution in [0.15, 0.2) is 18.2 Å². The lowest BCUT2D eigenvalue weighted by Crippen LogP contribution is -2.45. The molecule has 0 aromatic heterocycles. The second-order valence-electron chi connectivity index (χ2n) is 5.35. The Hall–Kier alpha value is -1.66. The van der Waals surface area contributed by atoms with Crippen LogP contribution in [-0.4, -0.2) is 41.7 Å². The topological polar surface area (TPSA) is 78.6 Å². The van der Waals surface area contributed by atoms with Gasteiger partial charge in [-0.05, 0) is 37.1 Å². The number of piperidine rings is 1. The van der Waals surface area contributed by atoms with Gasteiger partial charge in [-0.3, -0.25) is 9.69 Å². The van der Waals surface area contributed by atoms with Crippen molar-refractivity contribution in [1.82, 2.24) is 4.90 Å². The molecule has 0 spiro atoms. The number of carbonyl (C=O) groups is 1. The Morgan fingerprint density at radius 2 is 2.35 bits per heavy atom. The van der Waals surface area contributed by atoms with Crippen LogP contribution < -0.4 is 11.1 Å². The van der Waals surface area contributed by atoms with E-state index in [0.717, 1.165) is 13.0 Å². The van der Waals surface area contributed by atoms with Crippen molar-refractivity contribution in [2.45, 2.75) is 19.4 Å². The van der Waals surface area contributed by atoms with E-state index in [4.69, 9.17) is 5.73 Å². The zero-order valence-electron chi connectivity index (χ0n) is 11.5. The lowest BCUT2D eigenvalue weighted by Gasteiger charge is -2.33. The van der Waals surface area contributed by atoms with Gasteiger partial charge >= 0.3 is 0 Å². The van der Waals surface area contributed by atoms with Crippen molar-refractivity contribution in [1.29, 1.82) is 0 Å². The number of rotatable bonds is 3. The maximum absolute atomic E-state index is 13.0. The van der Waals surface area contributed by atoms with Crippen LogP contribution in [0, 0.1) is 11.7 Å². The Bertz CT molecular complexity index is 495. The van der Waals surface area contributed by atoms with Gasteiger partial charge in [0.2, 0.25) is 5.91 Å². The number of halogens is 1. The number of hydrogen-bond acceptors (Lipinski definition) is 4. The van der Waals surface area contributed by atoms with E-state index in [2.05, 4.69) is 5.32 Å². The number of benzene rings is 1. The van der Waals surface area contributed by atoms with Crippen LogP contribution in [0.25, 0.3) is 0 Å². The number of nitrogens with one attached hydrogen (secondary N) is 1. The van der Waals surface area contributed by atoms with Crippen LogP contribution in [0.3, 0.4) is 0 Å². The molecule has 4 N–H and O–H groups in total. The van der Waals surface area contributed by atoms with Gasteiger partial charge < -0.3 is 16.2 Å². The Balaban J connectivity index is 1.87. The summed E-state index contributed by atoms with van der Waals surface area (Å²) in [6, 6.07) is 4.08. The third-order valence-corrected chi connectivity index (χ3v) is 3.65. The summed E-state index contributed by atoms with van der Waals surface area (Å²) in [6.07, 6.45) is 0.482. The van der Waals surface area contributed by atoms with E-state index in [-0.39, 0.29) is 24.1 Å². The number of nitrogens with two attached hydrogens (primary N) is 1. The highest BCUT2D eigenvalue weighted by atomic mass is 19.1. The van der Waals surface area contributed by atoms with Gasteiger partial charge in [0.1, 0.15) is 5.82 Å². The van der Waals surface area contributed by atoms with E-state index in [9.17, 15) is 14.3 Å². The lowest BCUT2D eigenvalue weighted by atomic mass is 9.96. The number of carbonyl (C=O) groups excluding carboxylic acids is 1. The molecule has 0 aliphatic carbocycles. The molecule has 1 aromatic carbocycles. The quantitative estimate of drug-likeness (QED) is 0.724. The lowest BCUT2D eigenvalue weighted by molar-refractivity contribution is -0.118. The molecule has 0 radical (unpaired) electrons. The van der Waals surface area contributed by atoms with Crippen molar-refractivity contribution in [2.24, 2.45) is 5.92 Å². The predicted molar refractivity (Wildman–Crippen MR) is 75.7 cm³/mol. The number of anilines is 2. The van der Waals surface area contributed by atoms with E-state index in [0.29, 0.717) is 12.2 Å². The Kier molecular flexibility index (Phi) is 4.57. The normalized spacial score (nSPS) is 23.6. The molecule has 2 atom stereocenters. The van der Waals surface area contributed by atoms with Crippen molar-refractivity contribution in [3.63, 3.8) is 0 Å². The minimum Gasteiger partial charge on any atom is -0.396 e. The van der Waals surface area contributed by atoms with Crippen molar-refractivity contribution in [2.75, 3.05) is 30.7 Å². The SMILES string of the molecule is CC1CCN(CC(=O)Nc2ccc(F)c(N)c2)CC1O. The van der Waals surface area contributed by atoms with Crippen molar-refractivity contribution in [3.8, 4) is 0 Å². The van der Waals surface area contributed by atoms with Gasteiger partial charge in [0.25, 0.3) is 0 Å². The van der Waals surface area contributed by atoms with Crippen molar-refractivity contribution in [3.05, 3.63) is 24.0 Å². The number of amides is 1. The maximum Gasteiger partial charge on any atom is 0.238 e. The summed E-state index contributed by atoms with van der Waals surface area (Å²) in [5.74, 6) is -0.430. The summed E-state index contributed by atoms with van der Waals surface area (Å²) in [4.78, 5) is 13.8. The molecule has 5 nitrogen and oxygen atoms in total. The number of likely N-dealkylation sites (tertiary alicyclic amines) is 1. The van der Waals surface area contributed by atoms with Crippen molar-refractivity contribution < 1.29 is 14.3 Å². The Labute approximate surface area is 117 Å². The molecule has 110 valence electrons. The summed E-state index contributed by atoms with van der Waals surface area (Å²) in [5, 5.41) is 12.5. The molecule has 1 fully saturated rings. The molecule has 1 heterocycles. The maximum atomic E-state index is 13.0. The Morgan fingerprint density at radius 3 is 3.00 bits per heavy atom. The molecule has 1 aliphatic rings. The molecule has 0 saturated carbocycles. The fourth-order valence-electron chi connectivity index (χ4n) is 2.28. The number of nitrogens with zero attached hydrogens (tertiary/aromatic N) is 1. The first-order chi connectivity index (χ1) is 9.45. The highest BCUT2D eigenvalue weighted by molar-refractivity contribution is 5.92. The molecule has 2 unspecified atom stereocenters. The zero-order chi connectivity index (χ0) is 14.7. The summed E-state index contributed by atoms with van der Waals surface area (Å²) in [5.41, 5.74) is 5.92. The first-order valence-electron chi connectivity index (χ1n) is 6.71. The molecule has 20 heavy (non-hydrogen) atoms. The van der Waals surface area contributed by atoms with Crippen molar-refractivity contribution >= 4 is 17.3 Å². The highest BCUT2D eigenvalue weighted by Crippen LogP contribution is 2.18. The molecule has 1 amide bonds. The minimum absolute atomic E-state index is 0.00465. The fourth-order valence-corrected chi connectivity index (χ4v) is 2.28. The van der Waals surface area contributed by atoms with Gasteiger partial charge in [-0.1, -0.05) is 6.92 Å². The molecule has 1 saturated heterocycles. The standard InChI is InChI=1S/C14H20FN3O2/c1-9-4-5-18(7-13(9)19)8-14(20)17-10-2-3-11(15)12(16)6-10/h2-3,6,9,13,19H,4-5,7-8,16H2,1H3,(H,17,20). The summed E-state index contributed by atoms with van der Waals surface area (Å²) >= 11 is 0. The smallest absolute Gasteiger partial charge is 0.238 e. The van der Waals surface area contributed by atoms with Gasteiger partial charge in [0.05, 0.1) is 18.3 Å². The average Bonchev–Trinajstić information content (AvgIpc) is 2.38. The van der Waals surface area contributed by atoms with Gasteiger partial charge in [0.15, 0.2) is 0 Å².